The molecule has 0 aliphatic heterocycles. The zero-order chi connectivity index (χ0) is 23.9. The van der Waals surface area contributed by atoms with Crippen LogP contribution in [0.2, 0.25) is 0 Å². The fraction of sp³-hybridized carbons (Fsp3) is 0.172. The van der Waals surface area contributed by atoms with Crippen molar-refractivity contribution in [3.63, 3.8) is 0 Å². The van der Waals surface area contributed by atoms with E-state index in [1.54, 1.807) is 4.40 Å². The molecule has 0 saturated heterocycles. The number of aryl methyl sites for hydroxylation is 3. The highest BCUT2D eigenvalue weighted by Crippen LogP contribution is 2.23. The molecule has 3 aromatic heterocycles. The van der Waals surface area contributed by atoms with Crippen LogP contribution < -0.4 is 14.8 Å². The van der Waals surface area contributed by atoms with E-state index in [1.807, 2.05) is 42.5 Å². The van der Waals surface area contributed by atoms with Gasteiger partial charge in [0.05, 0.1) is 22.2 Å². The number of rotatable bonds is 6. The number of hydrogen-bond acceptors (Lipinski definition) is 4. The predicted octanol–water partition coefficient (Wildman–Crippen LogP) is 5.50. The van der Waals surface area contributed by atoms with Gasteiger partial charge in [0, 0.05) is 29.2 Å². The van der Waals surface area contributed by atoms with Crippen LogP contribution in [0.15, 0.2) is 77.7 Å². The topological polar surface area (TPSA) is 48.5 Å². The molecule has 174 valence electrons. The number of aromatic nitrogens is 3. The fourth-order valence-electron chi connectivity index (χ4n) is 4.56. The van der Waals surface area contributed by atoms with Crippen LogP contribution >= 0.6 is 11.3 Å². The molecule has 0 saturated carbocycles. The van der Waals surface area contributed by atoms with Gasteiger partial charge < -0.3 is 9.30 Å². The van der Waals surface area contributed by atoms with Crippen molar-refractivity contribution in [3.05, 3.63) is 105 Å². The Bertz CT molecular complexity index is 1810. The highest BCUT2D eigenvalue weighted by atomic mass is 32.1. The van der Waals surface area contributed by atoms with Crippen LogP contribution in [-0.2, 0) is 6.54 Å². The molecule has 3 heterocycles. The molecule has 0 amide bonds. The Morgan fingerprint density at radius 1 is 0.971 bits per heavy atom. The summed E-state index contributed by atoms with van der Waals surface area (Å²) in [6.45, 7) is 5.69. The lowest BCUT2D eigenvalue weighted by Gasteiger charge is -2.09. The van der Waals surface area contributed by atoms with Crippen LogP contribution in [0.3, 0.4) is 0 Å². The van der Waals surface area contributed by atoms with Crippen LogP contribution in [-0.4, -0.2) is 20.6 Å². The Balaban J connectivity index is 1.29. The molecule has 0 spiro atoms. The number of thiazole rings is 1. The van der Waals surface area contributed by atoms with Crippen molar-refractivity contribution in [1.29, 1.82) is 0 Å². The van der Waals surface area contributed by atoms with Gasteiger partial charge in [0.15, 0.2) is 4.96 Å². The van der Waals surface area contributed by atoms with Crippen molar-refractivity contribution < 1.29 is 4.74 Å². The zero-order valence-electron chi connectivity index (χ0n) is 19.7. The minimum atomic E-state index is -0.0164. The number of benzene rings is 3. The molecule has 0 fully saturated rings. The third-order valence-electron chi connectivity index (χ3n) is 6.54. The first-order valence-corrected chi connectivity index (χ1v) is 12.6. The summed E-state index contributed by atoms with van der Waals surface area (Å²) in [7, 11) is 0. The van der Waals surface area contributed by atoms with E-state index in [9.17, 15) is 4.79 Å². The molecule has 0 aliphatic carbocycles. The van der Waals surface area contributed by atoms with Crippen LogP contribution in [0.25, 0.3) is 33.0 Å². The summed E-state index contributed by atoms with van der Waals surface area (Å²) in [5.74, 6) is 0.915. The number of fused-ring (bicyclic) bond motifs is 4. The maximum Gasteiger partial charge on any atom is 0.274 e. The second-order valence-electron chi connectivity index (χ2n) is 8.88. The largest absolute Gasteiger partial charge is 0.494 e. The van der Waals surface area contributed by atoms with Gasteiger partial charge in [-0.15, -0.1) is 0 Å². The van der Waals surface area contributed by atoms with E-state index in [0.717, 1.165) is 51.2 Å². The van der Waals surface area contributed by atoms with Crippen molar-refractivity contribution in [1.82, 2.24) is 14.0 Å². The first kappa shape index (κ1) is 21.6. The summed E-state index contributed by atoms with van der Waals surface area (Å²) in [5.41, 5.74) is 6.40. The molecule has 0 aliphatic rings. The number of para-hydroxylation sites is 3. The Morgan fingerprint density at radius 3 is 2.63 bits per heavy atom. The molecule has 0 radical (unpaired) electrons. The number of imidazole rings is 1. The maximum atomic E-state index is 13.2. The fourth-order valence-corrected chi connectivity index (χ4v) is 5.53. The van der Waals surface area contributed by atoms with Gasteiger partial charge >= 0.3 is 0 Å². The maximum absolute atomic E-state index is 13.2. The van der Waals surface area contributed by atoms with Gasteiger partial charge in [-0.2, -0.15) is 0 Å². The van der Waals surface area contributed by atoms with E-state index in [4.69, 9.17) is 4.74 Å². The summed E-state index contributed by atoms with van der Waals surface area (Å²) in [4.78, 5) is 18.6. The molecule has 0 unspecified atom stereocenters. The van der Waals surface area contributed by atoms with Gasteiger partial charge in [-0.05, 0) is 67.8 Å². The minimum Gasteiger partial charge on any atom is -0.494 e. The monoisotopic (exact) mass is 479 g/mol. The summed E-state index contributed by atoms with van der Waals surface area (Å²) >= 11 is 1.44. The normalized spacial score (nSPS) is 12.3. The van der Waals surface area contributed by atoms with Crippen molar-refractivity contribution in [2.75, 3.05) is 6.61 Å². The second-order valence-corrected chi connectivity index (χ2v) is 9.89. The average molecular weight is 480 g/mol. The first-order chi connectivity index (χ1) is 17.1. The molecule has 6 heteroatoms. The molecule has 35 heavy (non-hydrogen) atoms. The lowest BCUT2D eigenvalue weighted by molar-refractivity contribution is 0.302. The van der Waals surface area contributed by atoms with Gasteiger partial charge in [0.25, 0.3) is 5.56 Å². The molecule has 6 aromatic rings. The molecule has 5 nitrogen and oxygen atoms in total. The van der Waals surface area contributed by atoms with Gasteiger partial charge in [-0.25, -0.2) is 9.38 Å². The summed E-state index contributed by atoms with van der Waals surface area (Å²) < 4.78 is 10.6. The second kappa shape index (κ2) is 8.71. The van der Waals surface area contributed by atoms with E-state index >= 15 is 0 Å². The minimum absolute atomic E-state index is 0.0164. The molecular weight excluding hydrogens is 454 g/mol. The first-order valence-electron chi connectivity index (χ1n) is 11.8. The van der Waals surface area contributed by atoms with E-state index in [2.05, 4.69) is 59.9 Å². The smallest absolute Gasteiger partial charge is 0.274 e. The average Bonchev–Trinajstić information content (AvgIpc) is 3.50. The highest BCUT2D eigenvalue weighted by molar-refractivity contribution is 7.15. The van der Waals surface area contributed by atoms with E-state index in [0.29, 0.717) is 11.1 Å². The number of ether oxygens (including phenoxy) is 1. The Morgan fingerprint density at radius 2 is 1.77 bits per heavy atom. The predicted molar refractivity (Wildman–Crippen MR) is 144 cm³/mol. The standard InChI is InChI=1S/C29H25N3O2S/c1-19-12-13-22(16-20(19)2)34-15-7-14-31-18-21(23-8-3-5-10-25(23)31)17-27-28(33)32-26-11-6-4-9-24(26)30-29(32)35-27/h3-6,8-13,16-18H,7,14-15H2,1-2H3/b27-17-. The van der Waals surface area contributed by atoms with Gasteiger partial charge in [-0.1, -0.05) is 47.7 Å². The van der Waals surface area contributed by atoms with Crippen molar-refractivity contribution in [2.24, 2.45) is 0 Å². The van der Waals surface area contributed by atoms with Crippen molar-refractivity contribution >= 4 is 44.3 Å². The van der Waals surface area contributed by atoms with Gasteiger partial charge in [0.2, 0.25) is 0 Å². The molecule has 0 atom stereocenters. The zero-order valence-corrected chi connectivity index (χ0v) is 20.5. The molecule has 0 N–H and O–H groups in total. The summed E-state index contributed by atoms with van der Waals surface area (Å²) in [6, 6.07) is 22.3. The van der Waals surface area contributed by atoms with E-state index < -0.39 is 0 Å². The summed E-state index contributed by atoms with van der Waals surface area (Å²) in [6.07, 6.45) is 5.03. The quantitative estimate of drug-likeness (QED) is 0.297. The summed E-state index contributed by atoms with van der Waals surface area (Å²) in [5, 5.41) is 1.14. The van der Waals surface area contributed by atoms with E-state index in [-0.39, 0.29) is 5.56 Å². The van der Waals surface area contributed by atoms with Crippen LogP contribution in [0, 0.1) is 13.8 Å². The third-order valence-corrected chi connectivity index (χ3v) is 7.51. The van der Waals surface area contributed by atoms with Gasteiger partial charge in [-0.3, -0.25) is 4.79 Å². The van der Waals surface area contributed by atoms with Crippen LogP contribution in [0.5, 0.6) is 5.75 Å². The highest BCUT2D eigenvalue weighted by Gasteiger charge is 2.12. The van der Waals surface area contributed by atoms with Crippen LogP contribution in [0.4, 0.5) is 0 Å². The number of hydrogen-bond donors (Lipinski definition) is 0. The van der Waals surface area contributed by atoms with Crippen molar-refractivity contribution in [2.45, 2.75) is 26.8 Å². The molecule has 6 rings (SSSR count). The van der Waals surface area contributed by atoms with Crippen molar-refractivity contribution in [3.8, 4) is 5.75 Å². The van der Waals surface area contributed by atoms with Crippen LogP contribution in [0.1, 0.15) is 23.1 Å². The Hall–Kier alpha value is -3.90. The lowest BCUT2D eigenvalue weighted by atomic mass is 10.1. The SMILES string of the molecule is Cc1ccc(OCCCn2cc(/C=c3\sc4nc5ccccc5n4c3=O)c3ccccc32)cc1C. The Labute approximate surface area is 206 Å². The van der Waals surface area contributed by atoms with Gasteiger partial charge in [0.1, 0.15) is 5.75 Å². The Kier molecular flexibility index (Phi) is 5.38. The molecule has 3 aromatic carbocycles. The lowest BCUT2D eigenvalue weighted by Crippen LogP contribution is -2.22. The third kappa shape index (κ3) is 3.90. The number of nitrogens with zero attached hydrogens (tertiary/aromatic N) is 3. The van der Waals surface area contributed by atoms with E-state index in [1.165, 1.54) is 22.5 Å². The molecular formula is C29H25N3O2S. The molecule has 0 bridgehead atoms.